The highest BCUT2D eigenvalue weighted by molar-refractivity contribution is 4.87. The zero-order valence-corrected chi connectivity index (χ0v) is 14.8. The topological polar surface area (TPSA) is 35.5 Å². The second kappa shape index (κ2) is 9.81. The average molecular weight is 299 g/mol. The van der Waals surface area contributed by atoms with Gasteiger partial charge in [0.05, 0.1) is 0 Å². The van der Waals surface area contributed by atoms with Crippen molar-refractivity contribution in [2.24, 2.45) is 11.3 Å². The number of likely N-dealkylation sites (tertiary alicyclic amines) is 1. The fourth-order valence-corrected chi connectivity index (χ4v) is 3.74. The second-order valence-electron chi connectivity index (χ2n) is 7.72. The highest BCUT2D eigenvalue weighted by atomic mass is 16.2. The van der Waals surface area contributed by atoms with Crippen LogP contribution >= 0.6 is 0 Å². The van der Waals surface area contributed by atoms with Gasteiger partial charge in [0.15, 0.2) is 0 Å². The van der Waals surface area contributed by atoms with Gasteiger partial charge in [0.25, 0.3) is 0 Å². The highest BCUT2D eigenvalue weighted by Crippen LogP contribution is 2.29. The number of nitrogens with zero attached hydrogens (tertiary/aromatic N) is 1. The standard InChI is InChI=1S/C18H38N2O/c1-5-10-18(4,14-19-13-16(2)3)15-20-11-6-8-17(20)9-7-12-21/h16-17,19,21H,5-15H2,1-4H3. The summed E-state index contributed by atoms with van der Waals surface area (Å²) in [5, 5.41) is 12.7. The Bertz CT molecular complexity index is 270. The predicted molar refractivity (Wildman–Crippen MR) is 91.6 cm³/mol. The first-order chi connectivity index (χ1) is 10.0. The van der Waals surface area contributed by atoms with Crippen molar-refractivity contribution in [3.8, 4) is 0 Å². The monoisotopic (exact) mass is 298 g/mol. The van der Waals surface area contributed by atoms with E-state index < -0.39 is 0 Å². The van der Waals surface area contributed by atoms with Gasteiger partial charge in [0, 0.05) is 25.7 Å². The van der Waals surface area contributed by atoms with Gasteiger partial charge < -0.3 is 10.4 Å². The van der Waals surface area contributed by atoms with Crippen molar-refractivity contribution in [2.75, 3.05) is 32.8 Å². The van der Waals surface area contributed by atoms with Crippen LogP contribution in [-0.4, -0.2) is 48.8 Å². The molecule has 1 aliphatic rings. The van der Waals surface area contributed by atoms with Crippen molar-refractivity contribution < 1.29 is 5.11 Å². The summed E-state index contributed by atoms with van der Waals surface area (Å²) in [4.78, 5) is 2.70. The second-order valence-corrected chi connectivity index (χ2v) is 7.72. The highest BCUT2D eigenvalue weighted by Gasteiger charge is 2.31. The van der Waals surface area contributed by atoms with Crippen LogP contribution < -0.4 is 5.32 Å². The third-order valence-corrected chi connectivity index (χ3v) is 4.74. The van der Waals surface area contributed by atoms with Crippen molar-refractivity contribution in [1.82, 2.24) is 10.2 Å². The first-order valence-corrected chi connectivity index (χ1v) is 9.06. The van der Waals surface area contributed by atoms with Gasteiger partial charge in [0.1, 0.15) is 0 Å². The molecule has 0 bridgehead atoms. The fraction of sp³-hybridized carbons (Fsp3) is 1.00. The van der Waals surface area contributed by atoms with E-state index in [2.05, 4.69) is 37.9 Å². The molecule has 3 nitrogen and oxygen atoms in total. The Morgan fingerprint density at radius 1 is 1.38 bits per heavy atom. The van der Waals surface area contributed by atoms with Crippen LogP contribution in [0.4, 0.5) is 0 Å². The zero-order valence-electron chi connectivity index (χ0n) is 14.8. The maximum absolute atomic E-state index is 9.07. The Labute approximate surface area is 132 Å². The van der Waals surface area contributed by atoms with Crippen LogP contribution in [0.5, 0.6) is 0 Å². The maximum Gasteiger partial charge on any atom is 0.0431 e. The lowest BCUT2D eigenvalue weighted by Gasteiger charge is -2.37. The third-order valence-electron chi connectivity index (χ3n) is 4.74. The summed E-state index contributed by atoms with van der Waals surface area (Å²) in [6, 6.07) is 0.707. The number of aliphatic hydroxyl groups is 1. The van der Waals surface area contributed by atoms with Crippen LogP contribution in [-0.2, 0) is 0 Å². The van der Waals surface area contributed by atoms with Crippen LogP contribution in [0.3, 0.4) is 0 Å². The van der Waals surface area contributed by atoms with Crippen molar-refractivity contribution in [3.05, 3.63) is 0 Å². The van der Waals surface area contributed by atoms with Gasteiger partial charge in [-0.25, -0.2) is 0 Å². The minimum atomic E-state index is 0.340. The molecule has 0 aliphatic carbocycles. The largest absolute Gasteiger partial charge is 0.396 e. The zero-order chi connectivity index (χ0) is 15.7. The summed E-state index contributed by atoms with van der Waals surface area (Å²) in [5.74, 6) is 0.722. The molecule has 21 heavy (non-hydrogen) atoms. The molecule has 1 heterocycles. The fourth-order valence-electron chi connectivity index (χ4n) is 3.74. The molecule has 0 aromatic carbocycles. The third kappa shape index (κ3) is 7.12. The number of hydrogen-bond donors (Lipinski definition) is 2. The Morgan fingerprint density at radius 2 is 2.14 bits per heavy atom. The smallest absolute Gasteiger partial charge is 0.0431 e. The van der Waals surface area contributed by atoms with E-state index in [1.165, 1.54) is 38.8 Å². The lowest BCUT2D eigenvalue weighted by molar-refractivity contribution is 0.129. The molecule has 0 saturated carbocycles. The Kier molecular flexibility index (Phi) is 8.84. The molecule has 0 aromatic heterocycles. The average Bonchev–Trinajstić information content (AvgIpc) is 2.83. The molecule has 1 aliphatic heterocycles. The van der Waals surface area contributed by atoms with Gasteiger partial charge >= 0.3 is 0 Å². The van der Waals surface area contributed by atoms with E-state index >= 15 is 0 Å². The van der Waals surface area contributed by atoms with E-state index in [4.69, 9.17) is 5.11 Å². The van der Waals surface area contributed by atoms with E-state index in [1.807, 2.05) is 0 Å². The molecule has 2 N–H and O–H groups in total. The van der Waals surface area contributed by atoms with E-state index in [1.54, 1.807) is 0 Å². The molecule has 0 aromatic rings. The van der Waals surface area contributed by atoms with Crippen LogP contribution in [0.2, 0.25) is 0 Å². The van der Waals surface area contributed by atoms with E-state index in [0.29, 0.717) is 18.1 Å². The van der Waals surface area contributed by atoms with Crippen LogP contribution in [0.15, 0.2) is 0 Å². The normalized spacial score (nSPS) is 22.9. The summed E-state index contributed by atoms with van der Waals surface area (Å²) in [7, 11) is 0. The van der Waals surface area contributed by atoms with E-state index in [-0.39, 0.29) is 0 Å². The SMILES string of the molecule is CCCC(C)(CNCC(C)C)CN1CCCC1CCCO. The van der Waals surface area contributed by atoms with E-state index in [9.17, 15) is 0 Å². The van der Waals surface area contributed by atoms with Gasteiger partial charge in [-0.1, -0.05) is 34.1 Å². The molecule has 1 fully saturated rings. The lowest BCUT2D eigenvalue weighted by Crippen LogP contribution is -2.44. The molecule has 0 radical (unpaired) electrons. The van der Waals surface area contributed by atoms with Gasteiger partial charge in [-0.15, -0.1) is 0 Å². The van der Waals surface area contributed by atoms with Crippen LogP contribution in [0, 0.1) is 11.3 Å². The minimum Gasteiger partial charge on any atom is -0.396 e. The molecular formula is C18H38N2O. The first-order valence-electron chi connectivity index (χ1n) is 9.06. The van der Waals surface area contributed by atoms with Crippen molar-refractivity contribution in [2.45, 2.75) is 72.3 Å². The summed E-state index contributed by atoms with van der Waals surface area (Å²) in [5.41, 5.74) is 0.380. The van der Waals surface area contributed by atoms with Gasteiger partial charge in [-0.2, -0.15) is 0 Å². The Balaban J connectivity index is 2.50. The molecule has 2 unspecified atom stereocenters. The quantitative estimate of drug-likeness (QED) is 0.614. The van der Waals surface area contributed by atoms with Gasteiger partial charge in [-0.05, 0) is 56.5 Å². The van der Waals surface area contributed by atoms with E-state index in [0.717, 1.165) is 31.8 Å². The lowest BCUT2D eigenvalue weighted by atomic mass is 9.84. The number of rotatable bonds is 11. The summed E-state index contributed by atoms with van der Waals surface area (Å²) in [6.07, 6.45) is 7.32. The summed E-state index contributed by atoms with van der Waals surface area (Å²) < 4.78 is 0. The maximum atomic E-state index is 9.07. The summed E-state index contributed by atoms with van der Waals surface area (Å²) >= 11 is 0. The first kappa shape index (κ1) is 18.9. The molecule has 0 amide bonds. The predicted octanol–water partition coefficient (Wildman–Crippen LogP) is 3.28. The molecular weight excluding hydrogens is 260 g/mol. The number of hydrogen-bond acceptors (Lipinski definition) is 3. The molecule has 1 saturated heterocycles. The molecule has 0 spiro atoms. The number of nitrogens with one attached hydrogen (secondary N) is 1. The molecule has 3 heteroatoms. The van der Waals surface area contributed by atoms with Gasteiger partial charge in [0.2, 0.25) is 0 Å². The molecule has 2 atom stereocenters. The van der Waals surface area contributed by atoms with Crippen molar-refractivity contribution >= 4 is 0 Å². The van der Waals surface area contributed by atoms with Crippen LogP contribution in [0.25, 0.3) is 0 Å². The number of aliphatic hydroxyl groups excluding tert-OH is 1. The molecule has 1 rings (SSSR count). The Morgan fingerprint density at radius 3 is 2.76 bits per heavy atom. The Hall–Kier alpha value is -0.120. The van der Waals surface area contributed by atoms with Crippen LogP contribution in [0.1, 0.15) is 66.2 Å². The van der Waals surface area contributed by atoms with Crippen molar-refractivity contribution in [1.29, 1.82) is 0 Å². The summed E-state index contributed by atoms with van der Waals surface area (Å²) in [6.45, 7) is 14.3. The van der Waals surface area contributed by atoms with Gasteiger partial charge in [-0.3, -0.25) is 4.90 Å². The minimum absolute atomic E-state index is 0.340. The molecule has 126 valence electrons. The van der Waals surface area contributed by atoms with Crippen molar-refractivity contribution in [3.63, 3.8) is 0 Å².